The van der Waals surface area contributed by atoms with E-state index in [9.17, 15) is 19.5 Å². The molecule has 6 nitrogen and oxygen atoms in total. The maximum atomic E-state index is 12.2. The van der Waals surface area contributed by atoms with Crippen LogP contribution in [0.2, 0.25) is 0 Å². The van der Waals surface area contributed by atoms with Crippen molar-refractivity contribution in [2.45, 2.75) is 72.2 Å². The lowest BCUT2D eigenvalue weighted by atomic mass is 9.58. The van der Waals surface area contributed by atoms with Gasteiger partial charge < -0.3 is 14.6 Å². The summed E-state index contributed by atoms with van der Waals surface area (Å²) in [6, 6.07) is 0. The fourth-order valence-electron chi connectivity index (χ4n) is 5.20. The molecule has 2 aliphatic carbocycles. The van der Waals surface area contributed by atoms with Gasteiger partial charge in [-0.1, -0.05) is 13.8 Å². The molecule has 0 bridgehead atoms. The third-order valence-corrected chi connectivity index (χ3v) is 6.05. The molecule has 2 aliphatic rings. The third-order valence-electron chi connectivity index (χ3n) is 6.05. The highest BCUT2D eigenvalue weighted by Crippen LogP contribution is 2.56. The summed E-state index contributed by atoms with van der Waals surface area (Å²) in [5, 5.41) is 11.3. The Morgan fingerprint density at radius 3 is 2.04 bits per heavy atom. The second-order valence-corrected chi connectivity index (χ2v) is 8.13. The van der Waals surface area contributed by atoms with Crippen molar-refractivity contribution in [2.24, 2.45) is 29.6 Å². The van der Waals surface area contributed by atoms with E-state index in [0.717, 1.165) is 0 Å². The fraction of sp³-hybridized carbons (Fsp3) is 0.842. The van der Waals surface area contributed by atoms with Crippen LogP contribution in [0.1, 0.15) is 54.4 Å². The van der Waals surface area contributed by atoms with Gasteiger partial charge >= 0.3 is 11.9 Å². The Hall–Kier alpha value is -1.43. The Morgan fingerprint density at radius 2 is 1.60 bits per heavy atom. The summed E-state index contributed by atoms with van der Waals surface area (Å²) in [6.45, 7) is 9.83. The summed E-state index contributed by atoms with van der Waals surface area (Å²) in [5.74, 6) is -1.40. The number of carbonyl (C=O) groups is 3. The minimum atomic E-state index is -1.36. The monoisotopic (exact) mass is 354 g/mol. The van der Waals surface area contributed by atoms with Gasteiger partial charge in [0.25, 0.3) is 0 Å². The van der Waals surface area contributed by atoms with E-state index in [-0.39, 0.29) is 35.4 Å². The van der Waals surface area contributed by atoms with Crippen molar-refractivity contribution in [1.29, 1.82) is 0 Å². The highest BCUT2D eigenvalue weighted by atomic mass is 16.6. The second kappa shape index (κ2) is 7.06. The molecule has 2 saturated carbocycles. The van der Waals surface area contributed by atoms with Crippen LogP contribution in [0.15, 0.2) is 0 Å². The van der Waals surface area contributed by atoms with E-state index in [4.69, 9.17) is 9.47 Å². The number of hydrogen-bond acceptors (Lipinski definition) is 6. The summed E-state index contributed by atoms with van der Waals surface area (Å²) in [6.07, 6.45) is -0.315. The van der Waals surface area contributed by atoms with Crippen LogP contribution in [-0.2, 0) is 23.9 Å². The highest BCUT2D eigenvalue weighted by molar-refractivity contribution is 5.79. The number of aliphatic hydroxyl groups is 1. The van der Waals surface area contributed by atoms with Gasteiger partial charge in [-0.3, -0.25) is 14.4 Å². The molecule has 2 rings (SSSR count). The van der Waals surface area contributed by atoms with Crippen LogP contribution in [0.25, 0.3) is 0 Å². The van der Waals surface area contributed by atoms with E-state index in [1.165, 1.54) is 13.8 Å². The average Bonchev–Trinajstić information content (AvgIpc) is 2.87. The van der Waals surface area contributed by atoms with Crippen LogP contribution in [0, 0.1) is 29.6 Å². The van der Waals surface area contributed by atoms with E-state index in [0.29, 0.717) is 12.8 Å². The number of carbonyl (C=O) groups excluding carboxylic acids is 3. The van der Waals surface area contributed by atoms with Crippen LogP contribution >= 0.6 is 0 Å². The minimum Gasteiger partial charge on any atom is -0.458 e. The molecule has 25 heavy (non-hydrogen) atoms. The fourth-order valence-corrected chi connectivity index (χ4v) is 5.20. The van der Waals surface area contributed by atoms with Gasteiger partial charge in [-0.2, -0.15) is 0 Å². The predicted molar refractivity (Wildman–Crippen MR) is 90.4 cm³/mol. The van der Waals surface area contributed by atoms with Crippen molar-refractivity contribution in [3.05, 3.63) is 0 Å². The van der Waals surface area contributed by atoms with Crippen molar-refractivity contribution >= 4 is 17.7 Å². The Labute approximate surface area is 149 Å². The molecule has 0 aromatic rings. The van der Waals surface area contributed by atoms with Gasteiger partial charge in [0.2, 0.25) is 0 Å². The molecule has 142 valence electrons. The first-order valence-corrected chi connectivity index (χ1v) is 9.05. The summed E-state index contributed by atoms with van der Waals surface area (Å²) in [4.78, 5) is 35.6. The summed E-state index contributed by atoms with van der Waals surface area (Å²) >= 11 is 0. The Balaban J connectivity index is 2.55. The van der Waals surface area contributed by atoms with Gasteiger partial charge in [0.1, 0.15) is 17.5 Å². The largest absolute Gasteiger partial charge is 0.458 e. The van der Waals surface area contributed by atoms with Crippen LogP contribution in [0.3, 0.4) is 0 Å². The van der Waals surface area contributed by atoms with Gasteiger partial charge in [0.05, 0.1) is 0 Å². The molecular formula is C19H30O6. The van der Waals surface area contributed by atoms with Gasteiger partial charge in [0.15, 0.2) is 6.10 Å². The summed E-state index contributed by atoms with van der Waals surface area (Å²) in [7, 11) is 0. The topological polar surface area (TPSA) is 89.9 Å². The number of ether oxygens (including phenoxy) is 2. The predicted octanol–water partition coefficient (Wildman–Crippen LogP) is 2.12. The number of rotatable bonds is 4. The molecule has 0 radical (unpaired) electrons. The Bertz CT molecular complexity index is 552. The highest BCUT2D eigenvalue weighted by Gasteiger charge is 2.63. The molecule has 0 heterocycles. The summed E-state index contributed by atoms with van der Waals surface area (Å²) < 4.78 is 11.0. The first kappa shape index (κ1) is 19.9. The van der Waals surface area contributed by atoms with Crippen LogP contribution in [0.5, 0.6) is 0 Å². The van der Waals surface area contributed by atoms with Crippen molar-refractivity contribution in [3.63, 3.8) is 0 Å². The van der Waals surface area contributed by atoms with E-state index in [2.05, 4.69) is 0 Å². The molecule has 7 atom stereocenters. The minimum absolute atomic E-state index is 0.0938. The lowest BCUT2D eigenvalue weighted by Crippen LogP contribution is -2.65. The van der Waals surface area contributed by atoms with Gasteiger partial charge in [-0.15, -0.1) is 0 Å². The number of hydrogen-bond donors (Lipinski definition) is 1. The van der Waals surface area contributed by atoms with E-state index in [1.54, 1.807) is 13.8 Å². The number of ketones is 1. The standard InChI is InChI=1S/C19H30O6/c1-9(2)15-16-13(10(3)20)7-8-14(16)19(6,23)18(25-12(5)22)17(15)24-11(4)21/h9,13-18,23H,7-8H2,1-6H3. The molecule has 0 aromatic carbocycles. The zero-order valence-corrected chi connectivity index (χ0v) is 15.9. The quantitative estimate of drug-likeness (QED) is 0.778. The molecule has 0 spiro atoms. The van der Waals surface area contributed by atoms with Crippen LogP contribution < -0.4 is 0 Å². The van der Waals surface area contributed by atoms with Crippen molar-refractivity contribution < 1.29 is 29.0 Å². The average molecular weight is 354 g/mol. The Morgan fingerprint density at radius 1 is 1.04 bits per heavy atom. The second-order valence-electron chi connectivity index (χ2n) is 8.13. The lowest BCUT2D eigenvalue weighted by Gasteiger charge is -2.53. The van der Waals surface area contributed by atoms with Gasteiger partial charge in [-0.25, -0.2) is 0 Å². The molecule has 6 heteroatoms. The van der Waals surface area contributed by atoms with Crippen molar-refractivity contribution in [3.8, 4) is 0 Å². The molecule has 0 aliphatic heterocycles. The number of Topliss-reactive ketones (excluding diaryl/α,β-unsaturated/α-hetero) is 1. The molecule has 1 N–H and O–H groups in total. The molecule has 7 unspecified atom stereocenters. The third kappa shape index (κ3) is 3.59. The first-order chi connectivity index (χ1) is 11.5. The zero-order valence-electron chi connectivity index (χ0n) is 15.9. The Kier molecular flexibility index (Phi) is 5.62. The van der Waals surface area contributed by atoms with E-state index < -0.39 is 29.7 Å². The molecule has 0 aromatic heterocycles. The van der Waals surface area contributed by atoms with E-state index >= 15 is 0 Å². The van der Waals surface area contributed by atoms with Crippen LogP contribution in [-0.4, -0.2) is 40.6 Å². The SMILES string of the molecule is CC(=O)OC1C(C(C)C)C2C(C(C)=O)CCC2C(C)(O)C1OC(C)=O. The van der Waals surface area contributed by atoms with Crippen LogP contribution in [0.4, 0.5) is 0 Å². The van der Waals surface area contributed by atoms with E-state index in [1.807, 2.05) is 13.8 Å². The molecule has 0 saturated heterocycles. The maximum absolute atomic E-state index is 12.2. The molecule has 2 fully saturated rings. The van der Waals surface area contributed by atoms with Crippen molar-refractivity contribution in [1.82, 2.24) is 0 Å². The van der Waals surface area contributed by atoms with Crippen molar-refractivity contribution in [2.75, 3.05) is 0 Å². The van der Waals surface area contributed by atoms with Gasteiger partial charge in [-0.05, 0) is 44.4 Å². The number of fused-ring (bicyclic) bond motifs is 1. The normalized spacial score (nSPS) is 40.5. The smallest absolute Gasteiger partial charge is 0.303 e. The first-order valence-electron chi connectivity index (χ1n) is 9.05. The molecular weight excluding hydrogens is 324 g/mol. The maximum Gasteiger partial charge on any atom is 0.303 e. The lowest BCUT2D eigenvalue weighted by molar-refractivity contribution is -0.236. The summed E-state index contributed by atoms with van der Waals surface area (Å²) in [5.41, 5.74) is -1.36. The number of esters is 2. The van der Waals surface area contributed by atoms with Gasteiger partial charge in [0, 0.05) is 25.7 Å². The molecule has 0 amide bonds. The zero-order chi connectivity index (χ0) is 19.1.